The van der Waals surface area contributed by atoms with Crippen molar-refractivity contribution in [1.82, 2.24) is 9.97 Å². The van der Waals surface area contributed by atoms with Gasteiger partial charge in [-0.2, -0.15) is 0 Å². The minimum atomic E-state index is 0.415. The van der Waals surface area contributed by atoms with E-state index in [4.69, 9.17) is 15.5 Å². The second-order valence-electron chi connectivity index (χ2n) is 5.89. The van der Waals surface area contributed by atoms with Crippen molar-refractivity contribution in [3.63, 3.8) is 0 Å². The number of rotatable bonds is 6. The topological polar surface area (TPSA) is 73.4 Å². The number of hydrogen-bond acceptors (Lipinski definition) is 6. The van der Waals surface area contributed by atoms with Gasteiger partial charge in [0.15, 0.2) is 0 Å². The van der Waals surface area contributed by atoms with Gasteiger partial charge in [-0.3, -0.25) is 4.99 Å². The van der Waals surface area contributed by atoms with Crippen LogP contribution in [0.3, 0.4) is 0 Å². The number of hydrogen-bond donors (Lipinski definition) is 1. The molecule has 130 valence electrons. The molecule has 0 bridgehead atoms. The highest BCUT2D eigenvalue weighted by Crippen LogP contribution is 2.33. The minimum Gasteiger partial charge on any atom is -0.384 e. The number of ether oxygens (including phenoxy) is 1. The number of aromatic nitrogens is 2. The third-order valence-corrected chi connectivity index (χ3v) is 5.39. The Morgan fingerprint density at radius 2 is 2.20 bits per heavy atom. The van der Waals surface area contributed by atoms with Crippen LogP contribution in [0.1, 0.15) is 29.7 Å². The molecular formula is C19H22N4OS. The van der Waals surface area contributed by atoms with Crippen molar-refractivity contribution < 1.29 is 4.74 Å². The summed E-state index contributed by atoms with van der Waals surface area (Å²) < 4.78 is 5.34. The molecule has 3 rings (SSSR count). The molecule has 0 saturated carbocycles. The second-order valence-corrected chi connectivity index (χ2v) is 6.95. The average Bonchev–Trinajstić information content (AvgIpc) is 3.04. The molecule has 0 amide bonds. The lowest BCUT2D eigenvalue weighted by Crippen LogP contribution is -2.02. The van der Waals surface area contributed by atoms with Gasteiger partial charge in [0.05, 0.1) is 12.3 Å². The first-order valence-corrected chi connectivity index (χ1v) is 9.05. The molecule has 0 spiro atoms. The Kier molecular flexibility index (Phi) is 5.40. The van der Waals surface area contributed by atoms with Crippen LogP contribution in [0.4, 0.5) is 5.82 Å². The van der Waals surface area contributed by atoms with Crippen LogP contribution in [0.2, 0.25) is 0 Å². The molecule has 25 heavy (non-hydrogen) atoms. The molecular weight excluding hydrogens is 332 g/mol. The van der Waals surface area contributed by atoms with E-state index in [9.17, 15) is 0 Å². The van der Waals surface area contributed by atoms with Crippen LogP contribution in [-0.4, -0.2) is 36.9 Å². The Morgan fingerprint density at radius 3 is 2.92 bits per heavy atom. The third-order valence-electron chi connectivity index (χ3n) is 4.18. The normalized spacial score (nSPS) is 12.9. The predicted octanol–water partition coefficient (Wildman–Crippen LogP) is 4.13. The van der Waals surface area contributed by atoms with Crippen molar-refractivity contribution in [2.45, 2.75) is 19.3 Å². The van der Waals surface area contributed by atoms with Crippen molar-refractivity contribution in [3.05, 3.63) is 40.9 Å². The van der Waals surface area contributed by atoms with Gasteiger partial charge in [-0.05, 0) is 30.7 Å². The first-order chi connectivity index (χ1) is 12.2. The molecule has 1 unspecified atom stereocenters. The molecule has 0 aromatic carbocycles. The monoisotopic (exact) mass is 354 g/mol. The van der Waals surface area contributed by atoms with Gasteiger partial charge in [0.2, 0.25) is 0 Å². The van der Waals surface area contributed by atoms with Gasteiger partial charge in [-0.1, -0.05) is 6.92 Å². The van der Waals surface area contributed by atoms with E-state index >= 15 is 0 Å². The van der Waals surface area contributed by atoms with E-state index < -0.39 is 0 Å². The maximum atomic E-state index is 5.89. The van der Waals surface area contributed by atoms with Gasteiger partial charge >= 0.3 is 0 Å². The van der Waals surface area contributed by atoms with Crippen molar-refractivity contribution in [1.29, 1.82) is 0 Å². The van der Waals surface area contributed by atoms with E-state index in [0.29, 0.717) is 11.7 Å². The molecule has 0 aliphatic heterocycles. The maximum Gasteiger partial charge on any atom is 0.132 e. The van der Waals surface area contributed by atoms with Crippen LogP contribution in [0, 0.1) is 0 Å². The lowest BCUT2D eigenvalue weighted by Gasteiger charge is -2.10. The number of thiophene rings is 1. The van der Waals surface area contributed by atoms with Crippen molar-refractivity contribution in [3.8, 4) is 11.3 Å². The number of nitrogens with zero attached hydrogens (tertiary/aromatic N) is 3. The number of methoxy groups -OCH3 is 1. The van der Waals surface area contributed by atoms with Crippen molar-refractivity contribution in [2.75, 3.05) is 26.5 Å². The predicted molar refractivity (Wildman–Crippen MR) is 106 cm³/mol. The largest absolute Gasteiger partial charge is 0.384 e. The molecule has 0 saturated heterocycles. The highest BCUT2D eigenvalue weighted by atomic mass is 32.1. The smallest absolute Gasteiger partial charge is 0.132 e. The lowest BCUT2D eigenvalue weighted by molar-refractivity contribution is 0.178. The maximum absolute atomic E-state index is 5.89. The molecule has 3 aromatic rings. The number of pyridine rings is 2. The lowest BCUT2D eigenvalue weighted by atomic mass is 10.1. The van der Waals surface area contributed by atoms with E-state index in [-0.39, 0.29) is 0 Å². The number of nitrogen functional groups attached to an aromatic ring is 1. The number of anilines is 1. The minimum absolute atomic E-state index is 0.415. The number of fused-ring (bicyclic) bond motifs is 1. The van der Waals surface area contributed by atoms with Gasteiger partial charge in [-0.25, -0.2) is 9.97 Å². The fourth-order valence-corrected chi connectivity index (χ4v) is 3.98. The first kappa shape index (κ1) is 17.5. The first-order valence-electron chi connectivity index (χ1n) is 8.23. The third kappa shape index (κ3) is 3.70. The van der Waals surface area contributed by atoms with Crippen LogP contribution in [0.15, 0.2) is 35.5 Å². The SMILES string of the molecule is CCC(COC)c1cc2ccc(-c3cnc(N)c(C=NC)c3)nc2s1. The van der Waals surface area contributed by atoms with Gasteiger partial charge in [0, 0.05) is 53.9 Å². The Bertz CT molecular complexity index is 904. The molecule has 3 aromatic heterocycles. The Labute approximate surface area is 151 Å². The summed E-state index contributed by atoms with van der Waals surface area (Å²) >= 11 is 1.73. The molecule has 6 heteroatoms. The zero-order chi connectivity index (χ0) is 17.8. The summed E-state index contributed by atoms with van der Waals surface area (Å²) in [5.74, 6) is 0.886. The van der Waals surface area contributed by atoms with Gasteiger partial charge in [-0.15, -0.1) is 11.3 Å². The molecule has 0 fully saturated rings. The summed E-state index contributed by atoms with van der Waals surface area (Å²) in [5, 5.41) is 1.16. The summed E-state index contributed by atoms with van der Waals surface area (Å²) in [6.07, 6.45) is 4.52. The molecule has 1 atom stereocenters. The van der Waals surface area contributed by atoms with Gasteiger partial charge in [0.25, 0.3) is 0 Å². The summed E-state index contributed by atoms with van der Waals surface area (Å²) in [5.41, 5.74) is 8.52. The number of nitrogens with two attached hydrogens (primary N) is 1. The molecule has 2 N–H and O–H groups in total. The summed E-state index contributed by atoms with van der Waals surface area (Å²) in [7, 11) is 3.46. The summed E-state index contributed by atoms with van der Waals surface area (Å²) in [6, 6.07) is 8.33. The second kappa shape index (κ2) is 7.72. The Hall–Kier alpha value is -2.31. The zero-order valence-electron chi connectivity index (χ0n) is 14.7. The van der Waals surface area contributed by atoms with E-state index in [2.05, 4.69) is 29.0 Å². The van der Waals surface area contributed by atoms with E-state index in [1.807, 2.05) is 12.1 Å². The van der Waals surface area contributed by atoms with Crippen LogP contribution in [0.5, 0.6) is 0 Å². The van der Waals surface area contributed by atoms with Crippen LogP contribution in [-0.2, 0) is 4.74 Å². The van der Waals surface area contributed by atoms with E-state index in [1.165, 1.54) is 4.88 Å². The Morgan fingerprint density at radius 1 is 1.36 bits per heavy atom. The average molecular weight is 354 g/mol. The Balaban J connectivity index is 2.00. The summed E-state index contributed by atoms with van der Waals surface area (Å²) in [4.78, 5) is 15.5. The van der Waals surface area contributed by atoms with E-state index in [1.54, 1.807) is 37.9 Å². The highest BCUT2D eigenvalue weighted by Gasteiger charge is 2.14. The fraction of sp³-hybridized carbons (Fsp3) is 0.316. The molecule has 0 aliphatic rings. The van der Waals surface area contributed by atoms with Gasteiger partial charge < -0.3 is 10.5 Å². The molecule has 0 radical (unpaired) electrons. The fourth-order valence-electron chi connectivity index (χ4n) is 2.78. The zero-order valence-corrected chi connectivity index (χ0v) is 15.5. The quantitative estimate of drug-likeness (QED) is 0.676. The van der Waals surface area contributed by atoms with Crippen LogP contribution >= 0.6 is 11.3 Å². The highest BCUT2D eigenvalue weighted by molar-refractivity contribution is 7.18. The molecule has 0 aliphatic carbocycles. The molecule has 3 heterocycles. The van der Waals surface area contributed by atoms with Crippen molar-refractivity contribution >= 4 is 33.6 Å². The standard InChI is InChI=1S/C19H22N4OS/c1-4-12(11-24-3)17-8-13-5-6-16(23-19(13)25-17)14-7-15(9-21-2)18(20)22-10-14/h5-10,12H,4,11H2,1-3H3,(H2,20,22). The molecule has 5 nitrogen and oxygen atoms in total. The van der Waals surface area contributed by atoms with Crippen LogP contribution < -0.4 is 5.73 Å². The van der Waals surface area contributed by atoms with Crippen LogP contribution in [0.25, 0.3) is 21.5 Å². The van der Waals surface area contributed by atoms with E-state index in [0.717, 1.165) is 40.1 Å². The van der Waals surface area contributed by atoms with Gasteiger partial charge in [0.1, 0.15) is 10.6 Å². The number of aliphatic imine (C=N–C) groups is 1. The summed E-state index contributed by atoms with van der Waals surface area (Å²) in [6.45, 7) is 2.92. The van der Waals surface area contributed by atoms with Crippen molar-refractivity contribution in [2.24, 2.45) is 4.99 Å².